The number of carbonyl (C=O) groups excluding carboxylic acids is 2. The zero-order valence-electron chi connectivity index (χ0n) is 18.6. The largest absolute Gasteiger partial charge is 0.483 e. The topological polar surface area (TPSA) is 92.8 Å². The Bertz CT molecular complexity index is 1080. The summed E-state index contributed by atoms with van der Waals surface area (Å²) >= 11 is 0. The van der Waals surface area contributed by atoms with Crippen LogP contribution in [0.25, 0.3) is 0 Å². The van der Waals surface area contributed by atoms with Crippen molar-refractivity contribution in [2.24, 2.45) is 0 Å². The molecule has 1 saturated heterocycles. The number of nitrogens with one attached hydrogen (secondary N) is 1. The minimum Gasteiger partial charge on any atom is -0.483 e. The third kappa shape index (κ3) is 5.93. The quantitative estimate of drug-likeness (QED) is 0.640. The molecule has 1 saturated carbocycles. The van der Waals surface area contributed by atoms with Crippen molar-refractivity contribution in [3.8, 4) is 5.75 Å². The molecule has 0 aromatic heterocycles. The van der Waals surface area contributed by atoms with Gasteiger partial charge in [-0.2, -0.15) is 0 Å². The van der Waals surface area contributed by atoms with Gasteiger partial charge in [0.2, 0.25) is 0 Å². The Morgan fingerprint density at radius 2 is 1.64 bits per heavy atom. The second kappa shape index (κ2) is 10.4. The number of sulfone groups is 1. The van der Waals surface area contributed by atoms with Gasteiger partial charge >= 0.3 is 0 Å². The first kappa shape index (κ1) is 23.3. The standard InChI is InChI=1S/C25H30N2O5S/c28-24(27(20-10-4-5-11-20)21-14-15-33(30,31)18-21)17-32-23-13-7-6-12-22(23)25(29)26-16-19-8-2-1-3-9-19/h1-3,6-9,12-13,20-21H,4-5,10-11,14-18H2,(H,26,29). The number of nitrogens with zero attached hydrogens (tertiary/aromatic N) is 1. The summed E-state index contributed by atoms with van der Waals surface area (Å²) in [6.45, 7) is 0.161. The van der Waals surface area contributed by atoms with Crippen LogP contribution in [0.3, 0.4) is 0 Å². The van der Waals surface area contributed by atoms with Crippen LogP contribution in [0.4, 0.5) is 0 Å². The van der Waals surface area contributed by atoms with E-state index in [4.69, 9.17) is 4.74 Å². The van der Waals surface area contributed by atoms with Crippen LogP contribution in [0.1, 0.15) is 48.0 Å². The molecule has 8 heteroatoms. The Hall–Kier alpha value is -2.87. The zero-order valence-corrected chi connectivity index (χ0v) is 19.4. The van der Waals surface area contributed by atoms with E-state index in [9.17, 15) is 18.0 Å². The van der Waals surface area contributed by atoms with E-state index in [0.717, 1.165) is 31.2 Å². The van der Waals surface area contributed by atoms with Crippen molar-refractivity contribution < 1.29 is 22.7 Å². The van der Waals surface area contributed by atoms with Crippen LogP contribution in [-0.4, -0.2) is 55.3 Å². The monoisotopic (exact) mass is 470 g/mol. The van der Waals surface area contributed by atoms with Gasteiger partial charge in [-0.1, -0.05) is 55.3 Å². The van der Waals surface area contributed by atoms with E-state index >= 15 is 0 Å². The second-order valence-electron chi connectivity index (χ2n) is 8.75. The maximum Gasteiger partial charge on any atom is 0.261 e. The smallest absolute Gasteiger partial charge is 0.261 e. The van der Waals surface area contributed by atoms with Crippen LogP contribution >= 0.6 is 0 Å². The molecular weight excluding hydrogens is 440 g/mol. The third-order valence-corrected chi connectivity index (χ3v) is 8.14. The van der Waals surface area contributed by atoms with Crippen molar-refractivity contribution in [2.75, 3.05) is 18.1 Å². The second-order valence-corrected chi connectivity index (χ2v) is 11.0. The molecule has 1 unspecified atom stereocenters. The Labute approximate surface area is 195 Å². The van der Waals surface area contributed by atoms with Crippen molar-refractivity contribution in [1.82, 2.24) is 10.2 Å². The van der Waals surface area contributed by atoms with Gasteiger partial charge in [-0.05, 0) is 37.0 Å². The molecule has 1 heterocycles. The summed E-state index contributed by atoms with van der Waals surface area (Å²) in [5.74, 6) is -0.0190. The highest BCUT2D eigenvalue weighted by molar-refractivity contribution is 7.91. The van der Waals surface area contributed by atoms with Gasteiger partial charge in [0.15, 0.2) is 16.4 Å². The number of hydrogen-bond donors (Lipinski definition) is 1. The fourth-order valence-corrected chi connectivity index (χ4v) is 6.46. The lowest BCUT2D eigenvalue weighted by molar-refractivity contribution is -0.137. The number of hydrogen-bond acceptors (Lipinski definition) is 5. The molecule has 7 nitrogen and oxygen atoms in total. The fraction of sp³-hybridized carbons (Fsp3) is 0.440. The Kier molecular flexibility index (Phi) is 7.33. The number of amides is 2. The van der Waals surface area contributed by atoms with E-state index < -0.39 is 9.84 Å². The van der Waals surface area contributed by atoms with Crippen molar-refractivity contribution in [3.05, 3.63) is 65.7 Å². The molecular formula is C25H30N2O5S. The predicted molar refractivity (Wildman–Crippen MR) is 126 cm³/mol. The first-order valence-corrected chi connectivity index (χ1v) is 13.3. The van der Waals surface area contributed by atoms with E-state index in [1.165, 1.54) is 0 Å². The van der Waals surface area contributed by atoms with Gasteiger partial charge in [0.1, 0.15) is 5.75 Å². The van der Waals surface area contributed by atoms with Crippen LogP contribution in [0.2, 0.25) is 0 Å². The highest BCUT2D eigenvalue weighted by atomic mass is 32.2. The Morgan fingerprint density at radius 1 is 0.939 bits per heavy atom. The molecule has 2 fully saturated rings. The minimum atomic E-state index is -3.11. The van der Waals surface area contributed by atoms with Gasteiger partial charge in [-0.3, -0.25) is 9.59 Å². The first-order valence-electron chi connectivity index (χ1n) is 11.5. The molecule has 2 aromatic carbocycles. The van der Waals surface area contributed by atoms with Gasteiger partial charge < -0.3 is 15.0 Å². The maximum absolute atomic E-state index is 13.2. The zero-order chi connectivity index (χ0) is 23.3. The molecule has 1 aliphatic heterocycles. The molecule has 4 rings (SSSR count). The van der Waals surface area contributed by atoms with Crippen molar-refractivity contribution in [1.29, 1.82) is 0 Å². The predicted octanol–water partition coefficient (Wildman–Crippen LogP) is 2.95. The summed E-state index contributed by atoms with van der Waals surface area (Å²) in [6.07, 6.45) is 4.34. The summed E-state index contributed by atoms with van der Waals surface area (Å²) in [5, 5.41) is 2.88. The van der Waals surface area contributed by atoms with Crippen molar-refractivity contribution in [3.63, 3.8) is 0 Å². The average Bonchev–Trinajstić information content (AvgIpc) is 3.47. The molecule has 33 heavy (non-hydrogen) atoms. The summed E-state index contributed by atoms with van der Waals surface area (Å²) in [5.41, 5.74) is 1.34. The number of ether oxygens (including phenoxy) is 1. The number of carbonyl (C=O) groups is 2. The average molecular weight is 471 g/mol. The molecule has 2 aromatic rings. The molecule has 0 spiro atoms. The van der Waals surface area contributed by atoms with E-state index in [1.807, 2.05) is 30.3 Å². The van der Waals surface area contributed by atoms with Gasteiger partial charge in [-0.15, -0.1) is 0 Å². The van der Waals surface area contributed by atoms with Gasteiger partial charge in [0.05, 0.1) is 17.1 Å². The summed E-state index contributed by atoms with van der Waals surface area (Å²) in [7, 11) is -3.11. The van der Waals surface area contributed by atoms with Crippen LogP contribution in [0, 0.1) is 0 Å². The lowest BCUT2D eigenvalue weighted by Gasteiger charge is -2.34. The normalized spacial score (nSPS) is 19.8. The van der Waals surface area contributed by atoms with Crippen molar-refractivity contribution in [2.45, 2.75) is 50.7 Å². The van der Waals surface area contributed by atoms with E-state index in [0.29, 0.717) is 24.3 Å². The van der Waals surface area contributed by atoms with Crippen LogP contribution in [0.5, 0.6) is 5.75 Å². The molecule has 2 aliphatic rings. The van der Waals surface area contributed by atoms with E-state index in [2.05, 4.69) is 5.32 Å². The molecule has 176 valence electrons. The molecule has 1 atom stereocenters. The van der Waals surface area contributed by atoms with Crippen LogP contribution < -0.4 is 10.1 Å². The van der Waals surface area contributed by atoms with Crippen LogP contribution in [-0.2, 0) is 21.2 Å². The Balaban J connectivity index is 1.42. The van der Waals surface area contributed by atoms with Gasteiger partial charge in [0, 0.05) is 18.6 Å². The Morgan fingerprint density at radius 3 is 2.33 bits per heavy atom. The molecule has 2 amide bonds. The van der Waals surface area contributed by atoms with Gasteiger partial charge in [0.25, 0.3) is 11.8 Å². The number of rotatable bonds is 8. The fourth-order valence-electron chi connectivity index (χ4n) is 4.75. The highest BCUT2D eigenvalue weighted by Gasteiger charge is 2.39. The van der Waals surface area contributed by atoms with Crippen LogP contribution in [0.15, 0.2) is 54.6 Å². The molecule has 1 aliphatic carbocycles. The molecule has 0 bridgehead atoms. The summed E-state index contributed by atoms with van der Waals surface area (Å²) in [6, 6.07) is 16.2. The van der Waals surface area contributed by atoms with Gasteiger partial charge in [-0.25, -0.2) is 8.42 Å². The maximum atomic E-state index is 13.2. The lowest BCUT2D eigenvalue weighted by atomic mass is 10.1. The SMILES string of the molecule is O=C(NCc1ccccc1)c1ccccc1OCC(=O)N(C1CCCC1)C1CCS(=O)(=O)C1. The minimum absolute atomic E-state index is 0.0215. The lowest BCUT2D eigenvalue weighted by Crippen LogP contribution is -2.48. The highest BCUT2D eigenvalue weighted by Crippen LogP contribution is 2.29. The van der Waals surface area contributed by atoms with E-state index in [-0.39, 0.29) is 42.0 Å². The van der Waals surface area contributed by atoms with E-state index in [1.54, 1.807) is 29.2 Å². The third-order valence-electron chi connectivity index (χ3n) is 6.39. The summed E-state index contributed by atoms with van der Waals surface area (Å²) in [4.78, 5) is 27.7. The molecule has 1 N–H and O–H groups in total. The first-order chi connectivity index (χ1) is 15.9. The number of benzene rings is 2. The summed E-state index contributed by atoms with van der Waals surface area (Å²) < 4.78 is 29.9. The number of para-hydroxylation sites is 1. The van der Waals surface area contributed by atoms with Crippen molar-refractivity contribution >= 4 is 21.7 Å². The molecule has 0 radical (unpaired) electrons.